The number of likely N-dealkylation sites (tertiary alicyclic amines) is 1. The number of halogens is 1. The number of anilines is 1. The molecule has 2 heterocycles. The zero-order chi connectivity index (χ0) is 32.3. The van der Waals surface area contributed by atoms with Gasteiger partial charge in [0.05, 0.1) is 13.7 Å². The number of fused-ring (bicyclic) bond motifs is 1. The standard InChI is InChI=1S/C36H48FN3O5/c1-6-11-29(12-7-2)40(31-13-14-32(37)26(3)19-31)35(42)24-39-23-28(20-30(39)15-17-38(4)16-9-8-10-18-41)27-21-33(43-5)36-34(22-27)44-25-45-36/h8-10,13-14,16,18-19,21-22,28-30H,6-7,11-12,15,17,20,23-25H2,1-5H3/b10-8-,16-9-/t28?,30-/m0/s1. The number of carbonyl (C=O) groups excluding carboxylic acids is 2. The summed E-state index contributed by atoms with van der Waals surface area (Å²) >= 11 is 0. The van der Waals surface area contributed by atoms with Crippen LogP contribution >= 0.6 is 0 Å². The Morgan fingerprint density at radius 3 is 2.60 bits per heavy atom. The summed E-state index contributed by atoms with van der Waals surface area (Å²) in [6.45, 7) is 7.96. The Hall–Kier alpha value is -3.85. The van der Waals surface area contributed by atoms with E-state index in [1.165, 1.54) is 12.1 Å². The normalized spacial score (nSPS) is 17.9. The Morgan fingerprint density at radius 2 is 1.91 bits per heavy atom. The van der Waals surface area contributed by atoms with Crippen molar-refractivity contribution in [3.63, 3.8) is 0 Å². The minimum atomic E-state index is -0.268. The number of nitrogens with zero attached hydrogens (tertiary/aromatic N) is 3. The number of aryl methyl sites for hydroxylation is 1. The van der Waals surface area contributed by atoms with Crippen LogP contribution in [0.1, 0.15) is 69.4 Å². The molecule has 2 atom stereocenters. The average molecular weight is 622 g/mol. The molecule has 8 nitrogen and oxygen atoms in total. The van der Waals surface area contributed by atoms with Crippen LogP contribution in [0.15, 0.2) is 54.8 Å². The summed E-state index contributed by atoms with van der Waals surface area (Å²) in [5.41, 5.74) is 2.39. The Balaban J connectivity index is 1.61. The first kappa shape index (κ1) is 34.0. The van der Waals surface area contributed by atoms with Gasteiger partial charge in [0.1, 0.15) is 12.1 Å². The lowest BCUT2D eigenvalue weighted by Gasteiger charge is -2.35. The zero-order valence-corrected chi connectivity index (χ0v) is 27.3. The molecule has 1 saturated heterocycles. The first-order valence-corrected chi connectivity index (χ1v) is 16.1. The van der Waals surface area contributed by atoms with Crippen molar-refractivity contribution < 1.29 is 28.2 Å². The molecule has 244 valence electrons. The van der Waals surface area contributed by atoms with E-state index in [4.69, 9.17) is 14.2 Å². The van der Waals surface area contributed by atoms with Gasteiger partial charge in [0.2, 0.25) is 18.4 Å². The first-order valence-electron chi connectivity index (χ1n) is 16.1. The number of methoxy groups -OCH3 is 1. The van der Waals surface area contributed by atoms with Crippen molar-refractivity contribution >= 4 is 17.9 Å². The number of aldehydes is 1. The van der Waals surface area contributed by atoms with Gasteiger partial charge in [-0.25, -0.2) is 4.39 Å². The van der Waals surface area contributed by atoms with Crippen LogP contribution in [0, 0.1) is 12.7 Å². The second kappa shape index (κ2) is 16.5. The van der Waals surface area contributed by atoms with Gasteiger partial charge in [-0.05, 0) is 98.3 Å². The maximum absolute atomic E-state index is 14.3. The molecule has 9 heteroatoms. The summed E-state index contributed by atoms with van der Waals surface area (Å²) in [4.78, 5) is 31.3. The summed E-state index contributed by atoms with van der Waals surface area (Å²) in [7, 11) is 3.64. The van der Waals surface area contributed by atoms with Crippen molar-refractivity contribution in [3.8, 4) is 17.2 Å². The fraction of sp³-hybridized carbons (Fsp3) is 0.500. The van der Waals surface area contributed by atoms with Crippen molar-refractivity contribution in [1.82, 2.24) is 9.80 Å². The van der Waals surface area contributed by atoms with E-state index in [0.717, 1.165) is 62.6 Å². The number of amides is 1. The van der Waals surface area contributed by atoms with Gasteiger partial charge < -0.3 is 24.0 Å². The van der Waals surface area contributed by atoms with Crippen LogP contribution < -0.4 is 19.1 Å². The van der Waals surface area contributed by atoms with Crippen LogP contribution in [0.5, 0.6) is 17.2 Å². The van der Waals surface area contributed by atoms with E-state index < -0.39 is 0 Å². The Bertz CT molecular complexity index is 1360. The molecule has 1 unspecified atom stereocenters. The minimum absolute atomic E-state index is 0.0362. The third-order valence-corrected chi connectivity index (χ3v) is 8.77. The molecule has 0 spiro atoms. The van der Waals surface area contributed by atoms with Crippen LogP contribution in [0.4, 0.5) is 10.1 Å². The van der Waals surface area contributed by atoms with Crippen LogP contribution in [-0.4, -0.2) is 74.7 Å². The van der Waals surface area contributed by atoms with Crippen LogP contribution in [0.3, 0.4) is 0 Å². The second-order valence-electron chi connectivity index (χ2n) is 12.0. The lowest BCUT2D eigenvalue weighted by atomic mass is 9.94. The van der Waals surface area contributed by atoms with Crippen molar-refractivity contribution in [2.75, 3.05) is 45.5 Å². The molecule has 0 radical (unpaired) electrons. The number of ether oxygens (including phenoxy) is 3. The number of hydrogen-bond donors (Lipinski definition) is 0. The SMILES string of the molecule is CCCC(CCC)N(C(=O)CN1CC(c2cc(OC)c3c(c2)OCO3)C[C@@H]1CCN(C)/C=C\C=C/C=O)c1ccc(F)c(C)c1. The molecule has 1 fully saturated rings. The monoisotopic (exact) mass is 621 g/mol. The Kier molecular flexibility index (Phi) is 12.4. The lowest BCUT2D eigenvalue weighted by Crippen LogP contribution is -2.47. The topological polar surface area (TPSA) is 71.6 Å². The van der Waals surface area contributed by atoms with E-state index in [-0.39, 0.29) is 43.1 Å². The van der Waals surface area contributed by atoms with E-state index >= 15 is 0 Å². The van der Waals surface area contributed by atoms with E-state index in [1.807, 2.05) is 36.4 Å². The fourth-order valence-electron chi connectivity index (χ4n) is 6.49. The molecule has 2 aromatic carbocycles. The van der Waals surface area contributed by atoms with Crippen molar-refractivity contribution in [3.05, 3.63) is 71.7 Å². The number of rotatable bonds is 16. The van der Waals surface area contributed by atoms with Gasteiger partial charge in [-0.1, -0.05) is 32.8 Å². The molecular formula is C36H48FN3O5. The third kappa shape index (κ3) is 8.66. The average Bonchev–Trinajstić information content (AvgIpc) is 3.67. The molecule has 0 aromatic heterocycles. The minimum Gasteiger partial charge on any atom is -0.493 e. The van der Waals surface area contributed by atoms with Crippen molar-refractivity contribution in [2.45, 2.75) is 77.3 Å². The molecule has 2 aromatic rings. The zero-order valence-electron chi connectivity index (χ0n) is 27.3. The maximum Gasteiger partial charge on any atom is 0.241 e. The lowest BCUT2D eigenvalue weighted by molar-refractivity contribution is -0.120. The van der Waals surface area contributed by atoms with Crippen LogP contribution in [-0.2, 0) is 9.59 Å². The molecule has 0 aliphatic carbocycles. The highest BCUT2D eigenvalue weighted by molar-refractivity contribution is 5.95. The quantitative estimate of drug-likeness (QED) is 0.119. The van der Waals surface area contributed by atoms with Crippen molar-refractivity contribution in [2.24, 2.45) is 0 Å². The van der Waals surface area contributed by atoms with Gasteiger partial charge in [0.15, 0.2) is 11.5 Å². The number of carbonyl (C=O) groups is 2. The van der Waals surface area contributed by atoms with E-state index in [1.54, 1.807) is 32.2 Å². The smallest absolute Gasteiger partial charge is 0.241 e. The van der Waals surface area contributed by atoms with Gasteiger partial charge >= 0.3 is 0 Å². The molecule has 45 heavy (non-hydrogen) atoms. The summed E-state index contributed by atoms with van der Waals surface area (Å²) in [5, 5.41) is 0. The third-order valence-electron chi connectivity index (χ3n) is 8.77. The second-order valence-corrected chi connectivity index (χ2v) is 12.0. The molecule has 1 amide bonds. The van der Waals surface area contributed by atoms with Gasteiger partial charge in [-0.2, -0.15) is 0 Å². The van der Waals surface area contributed by atoms with E-state index in [2.05, 4.69) is 23.6 Å². The van der Waals surface area contributed by atoms with Crippen LogP contribution in [0.2, 0.25) is 0 Å². The highest BCUT2D eigenvalue weighted by Gasteiger charge is 2.37. The van der Waals surface area contributed by atoms with Gasteiger partial charge in [0.25, 0.3) is 0 Å². The molecule has 0 N–H and O–H groups in total. The predicted octanol–water partition coefficient (Wildman–Crippen LogP) is 6.62. The van der Waals surface area contributed by atoms with Gasteiger partial charge in [-0.3, -0.25) is 14.5 Å². The Labute approximate surface area is 267 Å². The van der Waals surface area contributed by atoms with Crippen molar-refractivity contribution in [1.29, 1.82) is 0 Å². The molecule has 0 bridgehead atoms. The number of benzene rings is 2. The molecule has 4 rings (SSSR count). The molecule has 2 aliphatic heterocycles. The largest absolute Gasteiger partial charge is 0.493 e. The van der Waals surface area contributed by atoms with Crippen LogP contribution in [0.25, 0.3) is 0 Å². The van der Waals surface area contributed by atoms with E-state index in [9.17, 15) is 14.0 Å². The summed E-state index contributed by atoms with van der Waals surface area (Å²) in [6.07, 6.45) is 13.1. The number of hydrogen-bond acceptors (Lipinski definition) is 7. The maximum atomic E-state index is 14.3. The molecule has 2 aliphatic rings. The summed E-state index contributed by atoms with van der Waals surface area (Å²) in [5.74, 6) is 1.90. The summed E-state index contributed by atoms with van der Waals surface area (Å²) < 4.78 is 31.3. The van der Waals surface area contributed by atoms with Gasteiger partial charge in [-0.15, -0.1) is 0 Å². The first-order chi connectivity index (χ1) is 21.8. The predicted molar refractivity (Wildman–Crippen MR) is 176 cm³/mol. The molecular weight excluding hydrogens is 573 g/mol. The number of allylic oxidation sites excluding steroid dienone is 3. The summed E-state index contributed by atoms with van der Waals surface area (Å²) in [6, 6.07) is 9.28. The highest BCUT2D eigenvalue weighted by Crippen LogP contribution is 2.45. The molecule has 0 saturated carbocycles. The Morgan fingerprint density at radius 1 is 1.13 bits per heavy atom. The highest BCUT2D eigenvalue weighted by atomic mass is 19.1. The van der Waals surface area contributed by atoms with E-state index in [0.29, 0.717) is 29.4 Å². The van der Waals surface area contributed by atoms with Gasteiger partial charge in [0, 0.05) is 37.9 Å². The fourth-order valence-corrected chi connectivity index (χ4v) is 6.49.